The molecule has 0 amide bonds. The summed E-state index contributed by atoms with van der Waals surface area (Å²) >= 11 is 0. The van der Waals surface area contributed by atoms with Gasteiger partial charge in [-0.3, -0.25) is 9.78 Å². The number of hydrogen-bond donors (Lipinski definition) is 2. The van der Waals surface area contributed by atoms with Crippen LogP contribution in [0.25, 0.3) is 11.1 Å². The van der Waals surface area contributed by atoms with E-state index in [0.717, 1.165) is 29.2 Å². The number of halogens is 1. The van der Waals surface area contributed by atoms with E-state index in [2.05, 4.69) is 16.0 Å². The average Bonchev–Trinajstić information content (AvgIpc) is 3.23. The number of ether oxygens (including phenoxy) is 1. The van der Waals surface area contributed by atoms with Crippen molar-refractivity contribution in [2.24, 2.45) is 10.7 Å². The monoisotopic (exact) mass is 495 g/mol. The SMILES string of the molecule is CC(=O)O.COc1cc(C2(c3cccc(-c4cncc(C#N)c4)c3)N=C(N)c3c(F)cccc32)ccn1. The maximum atomic E-state index is 14.9. The summed E-state index contributed by atoms with van der Waals surface area (Å²) in [6.45, 7) is 1.08. The maximum absolute atomic E-state index is 14.9. The Kier molecular flexibility index (Phi) is 6.93. The minimum atomic E-state index is -1.10. The third-order valence-corrected chi connectivity index (χ3v) is 5.79. The summed E-state index contributed by atoms with van der Waals surface area (Å²) in [6, 6.07) is 20.1. The lowest BCUT2D eigenvalue weighted by molar-refractivity contribution is -0.134. The molecule has 0 fully saturated rings. The summed E-state index contributed by atoms with van der Waals surface area (Å²) in [5, 5.41) is 16.7. The van der Waals surface area contributed by atoms with E-state index in [0.29, 0.717) is 17.0 Å². The number of fused-ring (bicyclic) bond motifs is 1. The maximum Gasteiger partial charge on any atom is 0.300 e. The number of nitrogens with two attached hydrogens (primary N) is 1. The quantitative estimate of drug-likeness (QED) is 0.432. The van der Waals surface area contributed by atoms with Gasteiger partial charge in [-0.05, 0) is 41.0 Å². The first-order chi connectivity index (χ1) is 17.8. The molecule has 3 heterocycles. The summed E-state index contributed by atoms with van der Waals surface area (Å²) in [6.07, 6.45) is 4.84. The van der Waals surface area contributed by atoms with Gasteiger partial charge in [0.05, 0.1) is 18.2 Å². The largest absolute Gasteiger partial charge is 0.481 e. The third-order valence-electron chi connectivity index (χ3n) is 5.79. The Balaban J connectivity index is 0.000000747. The highest BCUT2D eigenvalue weighted by molar-refractivity contribution is 6.03. The van der Waals surface area contributed by atoms with Crippen molar-refractivity contribution in [2.75, 3.05) is 7.11 Å². The van der Waals surface area contributed by atoms with Gasteiger partial charge in [-0.1, -0.05) is 30.3 Å². The molecule has 5 rings (SSSR count). The Hall–Kier alpha value is -5.10. The molecule has 1 aliphatic rings. The van der Waals surface area contributed by atoms with E-state index in [1.165, 1.54) is 19.4 Å². The number of hydrogen-bond acceptors (Lipinski definition) is 7. The Morgan fingerprint density at radius 1 is 1.08 bits per heavy atom. The van der Waals surface area contributed by atoms with Crippen LogP contribution >= 0.6 is 0 Å². The summed E-state index contributed by atoms with van der Waals surface area (Å²) in [5.41, 5.74) is 9.69. The van der Waals surface area contributed by atoms with Gasteiger partial charge in [-0.25, -0.2) is 14.4 Å². The van der Waals surface area contributed by atoms with Crippen LogP contribution in [0.1, 0.15) is 34.7 Å². The number of carboxylic acids is 1. The number of pyridine rings is 2. The molecule has 0 bridgehead atoms. The van der Waals surface area contributed by atoms with Crippen molar-refractivity contribution in [1.82, 2.24) is 9.97 Å². The zero-order valence-corrected chi connectivity index (χ0v) is 20.0. The molecule has 1 atom stereocenters. The van der Waals surface area contributed by atoms with Crippen molar-refractivity contribution in [3.63, 3.8) is 0 Å². The van der Waals surface area contributed by atoms with Gasteiger partial charge in [0.1, 0.15) is 23.3 Å². The fourth-order valence-electron chi connectivity index (χ4n) is 4.32. The van der Waals surface area contributed by atoms with Crippen LogP contribution in [0, 0.1) is 17.1 Å². The minimum absolute atomic E-state index is 0.123. The molecule has 37 heavy (non-hydrogen) atoms. The second-order valence-corrected chi connectivity index (χ2v) is 8.13. The average molecular weight is 496 g/mol. The number of carboxylic acid groups (broad SMARTS) is 1. The van der Waals surface area contributed by atoms with Gasteiger partial charge in [0.15, 0.2) is 0 Å². The topological polar surface area (TPSA) is 134 Å². The third kappa shape index (κ3) is 4.73. The van der Waals surface area contributed by atoms with E-state index in [9.17, 15) is 9.65 Å². The normalized spacial score (nSPS) is 15.5. The lowest BCUT2D eigenvalue weighted by Crippen LogP contribution is -2.25. The number of aliphatic carboxylic acids is 1. The summed E-state index contributed by atoms with van der Waals surface area (Å²) in [4.78, 5) is 22.2. The van der Waals surface area contributed by atoms with Crippen LogP contribution in [0.3, 0.4) is 0 Å². The molecule has 0 saturated carbocycles. The number of carbonyl (C=O) groups is 1. The van der Waals surface area contributed by atoms with E-state index < -0.39 is 17.3 Å². The molecule has 0 spiro atoms. The van der Waals surface area contributed by atoms with Gasteiger partial charge in [0, 0.05) is 42.7 Å². The Labute approximate surface area is 212 Å². The van der Waals surface area contributed by atoms with Gasteiger partial charge in [0.25, 0.3) is 5.97 Å². The van der Waals surface area contributed by atoms with Gasteiger partial charge in [-0.2, -0.15) is 5.26 Å². The standard InChI is InChI=1S/C26H18FN5O.C2H4O2/c1-33-23-12-20(8-9-31-23)26(21-6-3-7-22(27)24(21)25(29)32-26)19-5-2-4-17(11-19)18-10-16(13-28)14-30-15-18;1-2(3)4/h2-12,14-15H,1H3,(H2,29,32);1H3,(H,3,4). The number of nitrogens with zero attached hydrogens (tertiary/aromatic N) is 4. The molecule has 3 N–H and O–H groups in total. The fourth-order valence-corrected chi connectivity index (χ4v) is 4.32. The second kappa shape index (κ2) is 10.3. The van der Waals surface area contributed by atoms with Crippen LogP contribution in [-0.2, 0) is 10.3 Å². The molecule has 0 aliphatic carbocycles. The molecular formula is C28H22FN5O3. The van der Waals surface area contributed by atoms with E-state index in [1.807, 2.05) is 36.4 Å². The Morgan fingerprint density at radius 2 is 1.81 bits per heavy atom. The van der Waals surface area contributed by atoms with E-state index in [1.54, 1.807) is 30.6 Å². The number of benzene rings is 2. The molecule has 0 radical (unpaired) electrons. The van der Waals surface area contributed by atoms with Crippen molar-refractivity contribution in [3.05, 3.63) is 113 Å². The van der Waals surface area contributed by atoms with Gasteiger partial charge in [-0.15, -0.1) is 0 Å². The van der Waals surface area contributed by atoms with Gasteiger partial charge in [0.2, 0.25) is 5.88 Å². The first-order valence-electron chi connectivity index (χ1n) is 11.1. The van der Waals surface area contributed by atoms with Crippen LogP contribution in [0.4, 0.5) is 4.39 Å². The van der Waals surface area contributed by atoms with E-state index in [4.69, 9.17) is 25.4 Å². The van der Waals surface area contributed by atoms with Crippen molar-refractivity contribution >= 4 is 11.8 Å². The molecule has 8 nitrogen and oxygen atoms in total. The molecular weight excluding hydrogens is 473 g/mol. The summed E-state index contributed by atoms with van der Waals surface area (Å²) < 4.78 is 20.2. The number of aliphatic imine (C=N–C) groups is 1. The number of methoxy groups -OCH3 is 1. The highest BCUT2D eigenvalue weighted by Crippen LogP contribution is 2.47. The lowest BCUT2D eigenvalue weighted by Gasteiger charge is -2.29. The van der Waals surface area contributed by atoms with Crippen LogP contribution in [0.5, 0.6) is 5.88 Å². The van der Waals surface area contributed by atoms with E-state index in [-0.39, 0.29) is 11.4 Å². The summed E-state index contributed by atoms with van der Waals surface area (Å²) in [5.74, 6) is -0.733. The van der Waals surface area contributed by atoms with E-state index >= 15 is 0 Å². The van der Waals surface area contributed by atoms with Crippen molar-refractivity contribution in [2.45, 2.75) is 12.5 Å². The molecule has 9 heteroatoms. The number of nitriles is 1. The molecule has 2 aromatic carbocycles. The zero-order valence-electron chi connectivity index (χ0n) is 20.0. The predicted molar refractivity (Wildman–Crippen MR) is 135 cm³/mol. The fraction of sp³-hybridized carbons (Fsp3) is 0.107. The van der Waals surface area contributed by atoms with Crippen molar-refractivity contribution in [1.29, 1.82) is 5.26 Å². The van der Waals surface area contributed by atoms with Crippen molar-refractivity contribution < 1.29 is 19.0 Å². The predicted octanol–water partition coefficient (Wildman–Crippen LogP) is 4.26. The first kappa shape index (κ1) is 25.0. The van der Waals surface area contributed by atoms with Crippen LogP contribution in [-0.4, -0.2) is 34.0 Å². The first-order valence-corrected chi connectivity index (χ1v) is 11.1. The highest BCUT2D eigenvalue weighted by Gasteiger charge is 2.44. The van der Waals surface area contributed by atoms with Crippen molar-refractivity contribution in [3.8, 4) is 23.1 Å². The summed E-state index contributed by atoms with van der Waals surface area (Å²) in [7, 11) is 1.54. The molecule has 0 saturated heterocycles. The highest BCUT2D eigenvalue weighted by atomic mass is 19.1. The van der Waals surface area contributed by atoms with Crippen LogP contribution in [0.2, 0.25) is 0 Å². The van der Waals surface area contributed by atoms with Gasteiger partial charge < -0.3 is 15.6 Å². The minimum Gasteiger partial charge on any atom is -0.481 e. The molecule has 184 valence electrons. The van der Waals surface area contributed by atoms with Crippen LogP contribution < -0.4 is 10.5 Å². The Bertz CT molecular complexity index is 1560. The number of amidine groups is 1. The van der Waals surface area contributed by atoms with Crippen LogP contribution in [0.15, 0.2) is 84.2 Å². The molecule has 4 aromatic rings. The number of rotatable bonds is 4. The smallest absolute Gasteiger partial charge is 0.300 e. The Morgan fingerprint density at radius 3 is 2.54 bits per heavy atom. The molecule has 2 aromatic heterocycles. The second-order valence-electron chi connectivity index (χ2n) is 8.13. The lowest BCUT2D eigenvalue weighted by atomic mass is 9.77. The molecule has 1 unspecified atom stereocenters. The molecule has 1 aliphatic heterocycles. The van der Waals surface area contributed by atoms with Gasteiger partial charge >= 0.3 is 0 Å². The zero-order chi connectivity index (χ0) is 26.6. The number of aromatic nitrogens is 2.